The SMILES string of the molecule is CC(CCN1CCN(S(C)=O)C(C(=O)NCCc2cncn2Cc2ccccc2)C1)c1ccccc1. The lowest BCUT2D eigenvalue weighted by Crippen LogP contribution is -2.59. The third kappa shape index (κ3) is 7.12. The molecule has 1 fully saturated rings. The van der Waals surface area contributed by atoms with Gasteiger partial charge >= 0.3 is 0 Å². The molecule has 7 nitrogen and oxygen atoms in total. The monoisotopic (exact) mass is 507 g/mol. The average molecular weight is 508 g/mol. The smallest absolute Gasteiger partial charge is 0.239 e. The van der Waals surface area contributed by atoms with E-state index in [-0.39, 0.29) is 5.91 Å². The second kappa shape index (κ2) is 12.9. The number of benzene rings is 2. The normalized spacial score (nSPS) is 18.6. The van der Waals surface area contributed by atoms with Crippen LogP contribution in [0.1, 0.15) is 36.1 Å². The number of imidazole rings is 1. The first-order valence-electron chi connectivity index (χ1n) is 12.7. The lowest BCUT2D eigenvalue weighted by Gasteiger charge is -2.39. The third-order valence-electron chi connectivity index (χ3n) is 6.97. The van der Waals surface area contributed by atoms with Crippen LogP contribution in [0.3, 0.4) is 0 Å². The second-order valence-corrected chi connectivity index (χ2v) is 10.8. The zero-order valence-corrected chi connectivity index (χ0v) is 22.1. The Morgan fingerprint density at radius 1 is 1.11 bits per heavy atom. The molecule has 4 rings (SSSR count). The molecule has 1 aliphatic rings. The minimum atomic E-state index is -1.19. The van der Waals surface area contributed by atoms with Gasteiger partial charge in [0, 0.05) is 57.3 Å². The van der Waals surface area contributed by atoms with E-state index in [0.29, 0.717) is 32.0 Å². The number of carbonyl (C=O) groups excluding carboxylic acids is 1. The maximum atomic E-state index is 13.2. The van der Waals surface area contributed by atoms with E-state index in [0.717, 1.165) is 31.7 Å². The second-order valence-electron chi connectivity index (χ2n) is 9.52. The fourth-order valence-corrected chi connectivity index (χ4v) is 5.64. The van der Waals surface area contributed by atoms with Crippen LogP contribution >= 0.6 is 0 Å². The van der Waals surface area contributed by atoms with Crippen molar-refractivity contribution < 1.29 is 9.00 Å². The van der Waals surface area contributed by atoms with Crippen LogP contribution < -0.4 is 5.32 Å². The van der Waals surface area contributed by atoms with E-state index in [4.69, 9.17) is 0 Å². The maximum Gasteiger partial charge on any atom is 0.239 e. The van der Waals surface area contributed by atoms with Gasteiger partial charge < -0.3 is 9.88 Å². The fraction of sp³-hybridized carbons (Fsp3) is 0.429. The summed E-state index contributed by atoms with van der Waals surface area (Å²) < 4.78 is 16.3. The van der Waals surface area contributed by atoms with Gasteiger partial charge in [0.1, 0.15) is 6.04 Å². The molecule has 192 valence electrons. The molecule has 0 radical (unpaired) electrons. The van der Waals surface area contributed by atoms with E-state index in [1.807, 2.05) is 41.1 Å². The fourth-order valence-electron chi connectivity index (χ4n) is 4.78. The van der Waals surface area contributed by atoms with E-state index in [1.54, 1.807) is 6.26 Å². The summed E-state index contributed by atoms with van der Waals surface area (Å²) in [5.74, 6) is 0.401. The summed E-state index contributed by atoms with van der Waals surface area (Å²) in [6, 6.07) is 20.4. The highest BCUT2D eigenvalue weighted by Gasteiger charge is 2.34. The lowest BCUT2D eigenvalue weighted by atomic mass is 9.97. The van der Waals surface area contributed by atoms with E-state index < -0.39 is 17.0 Å². The number of amides is 1. The first-order chi connectivity index (χ1) is 17.5. The van der Waals surface area contributed by atoms with Crippen LogP contribution in [0.4, 0.5) is 0 Å². The molecule has 3 unspecified atom stereocenters. The molecule has 1 aromatic heterocycles. The number of nitrogens with one attached hydrogen (secondary N) is 1. The molecule has 2 heterocycles. The van der Waals surface area contributed by atoms with Crippen molar-refractivity contribution in [1.29, 1.82) is 0 Å². The zero-order chi connectivity index (χ0) is 25.3. The number of rotatable bonds is 11. The molecular formula is C28H37N5O2S. The number of hydrogen-bond acceptors (Lipinski definition) is 4. The summed E-state index contributed by atoms with van der Waals surface area (Å²) in [6.07, 6.45) is 7.08. The standard InChI is InChI=1S/C28H37N5O2S/c1-23(25-11-7-4-8-12-25)14-16-31-17-18-33(36(2)35)27(21-31)28(34)30-15-13-26-19-29-22-32(26)20-24-9-5-3-6-10-24/h3-12,19,22-23,27H,13-18,20-21H2,1-2H3,(H,30,34). The van der Waals surface area contributed by atoms with E-state index >= 15 is 0 Å². The minimum Gasteiger partial charge on any atom is -0.354 e. The van der Waals surface area contributed by atoms with Crippen LogP contribution in [0, 0.1) is 0 Å². The first-order valence-corrected chi connectivity index (χ1v) is 14.2. The van der Waals surface area contributed by atoms with Crippen molar-refractivity contribution in [1.82, 2.24) is 24.1 Å². The molecule has 36 heavy (non-hydrogen) atoms. The molecule has 0 aliphatic carbocycles. The molecule has 1 saturated heterocycles. The summed E-state index contributed by atoms with van der Waals surface area (Å²) in [6.45, 7) is 6.49. The molecule has 3 aromatic rings. The summed E-state index contributed by atoms with van der Waals surface area (Å²) in [5.41, 5.74) is 3.63. The number of hydrogen-bond donors (Lipinski definition) is 1. The van der Waals surface area contributed by atoms with Gasteiger partial charge in [-0.05, 0) is 30.0 Å². The Morgan fingerprint density at radius 3 is 2.56 bits per heavy atom. The highest BCUT2D eigenvalue weighted by atomic mass is 32.2. The van der Waals surface area contributed by atoms with Crippen LogP contribution in [0.15, 0.2) is 73.2 Å². The largest absolute Gasteiger partial charge is 0.354 e. The Balaban J connectivity index is 1.29. The highest BCUT2D eigenvalue weighted by molar-refractivity contribution is 7.81. The van der Waals surface area contributed by atoms with Crippen molar-refractivity contribution in [3.63, 3.8) is 0 Å². The molecule has 0 saturated carbocycles. The lowest BCUT2D eigenvalue weighted by molar-refractivity contribution is -0.126. The Labute approximate surface area is 217 Å². The Hall–Kier alpha value is -2.81. The number of carbonyl (C=O) groups is 1. The molecule has 2 aromatic carbocycles. The highest BCUT2D eigenvalue weighted by Crippen LogP contribution is 2.20. The molecule has 1 aliphatic heterocycles. The summed E-state index contributed by atoms with van der Waals surface area (Å²) in [7, 11) is -1.19. The minimum absolute atomic E-state index is 0.0554. The summed E-state index contributed by atoms with van der Waals surface area (Å²) >= 11 is 0. The molecule has 1 amide bonds. The third-order valence-corrected chi connectivity index (χ3v) is 8.07. The number of nitrogens with zero attached hydrogens (tertiary/aromatic N) is 4. The van der Waals surface area contributed by atoms with Crippen molar-refractivity contribution in [2.24, 2.45) is 0 Å². The number of aromatic nitrogens is 2. The molecular weight excluding hydrogens is 470 g/mol. The van der Waals surface area contributed by atoms with Gasteiger partial charge in [-0.3, -0.25) is 9.69 Å². The van der Waals surface area contributed by atoms with E-state index in [2.05, 4.69) is 63.1 Å². The van der Waals surface area contributed by atoms with Crippen molar-refractivity contribution in [2.45, 2.75) is 38.3 Å². The van der Waals surface area contributed by atoms with E-state index in [1.165, 1.54) is 11.1 Å². The van der Waals surface area contributed by atoms with Crippen LogP contribution in [0.2, 0.25) is 0 Å². The van der Waals surface area contributed by atoms with Gasteiger partial charge in [0.25, 0.3) is 0 Å². The van der Waals surface area contributed by atoms with Gasteiger partial charge in [0.05, 0.1) is 17.3 Å². The summed E-state index contributed by atoms with van der Waals surface area (Å²) in [4.78, 5) is 19.8. The van der Waals surface area contributed by atoms with Crippen LogP contribution in [-0.4, -0.2) is 73.9 Å². The number of piperazine rings is 1. The average Bonchev–Trinajstić information content (AvgIpc) is 3.34. The predicted octanol–water partition coefficient (Wildman–Crippen LogP) is 3.06. The summed E-state index contributed by atoms with van der Waals surface area (Å²) in [5, 5.41) is 3.10. The van der Waals surface area contributed by atoms with Gasteiger partial charge in [0.15, 0.2) is 0 Å². The Bertz CT molecular complexity index is 1120. The van der Waals surface area contributed by atoms with Crippen molar-refractivity contribution in [3.8, 4) is 0 Å². The van der Waals surface area contributed by atoms with Crippen molar-refractivity contribution >= 4 is 16.9 Å². The topological polar surface area (TPSA) is 70.5 Å². The van der Waals surface area contributed by atoms with Crippen LogP contribution in [-0.2, 0) is 28.7 Å². The van der Waals surface area contributed by atoms with Crippen LogP contribution in [0.5, 0.6) is 0 Å². The van der Waals surface area contributed by atoms with Crippen LogP contribution in [0.25, 0.3) is 0 Å². The molecule has 3 atom stereocenters. The van der Waals surface area contributed by atoms with Gasteiger partial charge in [-0.25, -0.2) is 13.5 Å². The molecule has 0 bridgehead atoms. The van der Waals surface area contributed by atoms with E-state index in [9.17, 15) is 9.00 Å². The Morgan fingerprint density at radius 2 is 1.83 bits per heavy atom. The molecule has 1 N–H and O–H groups in total. The molecule has 0 spiro atoms. The first kappa shape index (κ1) is 26.3. The zero-order valence-electron chi connectivity index (χ0n) is 21.3. The van der Waals surface area contributed by atoms with Gasteiger partial charge in [0.2, 0.25) is 5.91 Å². The predicted molar refractivity (Wildman–Crippen MR) is 145 cm³/mol. The van der Waals surface area contributed by atoms with Crippen molar-refractivity contribution in [3.05, 3.63) is 90.0 Å². The molecule has 8 heteroatoms. The maximum absolute atomic E-state index is 13.2. The van der Waals surface area contributed by atoms with Gasteiger partial charge in [-0.1, -0.05) is 67.6 Å². The van der Waals surface area contributed by atoms with Crippen molar-refractivity contribution in [2.75, 3.05) is 39.0 Å². The van der Waals surface area contributed by atoms with Gasteiger partial charge in [-0.2, -0.15) is 0 Å². The quantitative estimate of drug-likeness (QED) is 0.433. The van der Waals surface area contributed by atoms with Gasteiger partial charge in [-0.15, -0.1) is 0 Å². The Kier molecular flexibility index (Phi) is 9.44.